The minimum Gasteiger partial charge on any atom is -0.338 e. The lowest BCUT2D eigenvalue weighted by atomic mass is 10.1. The van der Waals surface area contributed by atoms with E-state index < -0.39 is 11.7 Å². The van der Waals surface area contributed by atoms with Crippen molar-refractivity contribution >= 4 is 11.8 Å². The molecular weight excluding hydrogens is 401 g/mol. The van der Waals surface area contributed by atoms with Crippen molar-refractivity contribution in [1.82, 2.24) is 19.9 Å². The lowest BCUT2D eigenvalue weighted by molar-refractivity contribution is -0.144. The first-order valence-electron chi connectivity index (χ1n) is 9.64. The summed E-state index contributed by atoms with van der Waals surface area (Å²) in [5.74, 6) is -0.262. The van der Waals surface area contributed by atoms with Gasteiger partial charge in [0.2, 0.25) is 11.8 Å². The largest absolute Gasteiger partial charge is 0.416 e. The summed E-state index contributed by atoms with van der Waals surface area (Å²) >= 11 is 0. The van der Waals surface area contributed by atoms with E-state index in [0.717, 1.165) is 12.1 Å². The van der Waals surface area contributed by atoms with E-state index in [0.29, 0.717) is 19.6 Å². The highest BCUT2D eigenvalue weighted by Crippen LogP contribution is 2.31. The molecule has 0 spiro atoms. The van der Waals surface area contributed by atoms with Crippen LogP contribution in [0.1, 0.15) is 32.2 Å². The molecule has 7 nitrogen and oxygen atoms in total. The van der Waals surface area contributed by atoms with Gasteiger partial charge in [-0.1, -0.05) is 25.1 Å². The molecule has 30 heavy (non-hydrogen) atoms. The van der Waals surface area contributed by atoms with Gasteiger partial charge in [-0.2, -0.15) is 18.2 Å². The number of halogens is 3. The Morgan fingerprint density at radius 2 is 2.00 bits per heavy atom. The van der Waals surface area contributed by atoms with Crippen LogP contribution in [0, 0.1) is 5.92 Å². The molecule has 1 fully saturated rings. The Labute approximate surface area is 171 Å². The van der Waals surface area contributed by atoms with E-state index in [1.807, 2.05) is 20.8 Å². The highest BCUT2D eigenvalue weighted by atomic mass is 19.4. The first-order valence-corrected chi connectivity index (χ1v) is 9.64. The first kappa shape index (κ1) is 21.8. The Kier molecular flexibility index (Phi) is 6.14. The van der Waals surface area contributed by atoms with Gasteiger partial charge in [0.1, 0.15) is 0 Å². The summed E-state index contributed by atoms with van der Waals surface area (Å²) < 4.78 is 43.7. The summed E-state index contributed by atoms with van der Waals surface area (Å²) in [6.07, 6.45) is -4.61. The molecule has 1 aromatic heterocycles. The van der Waals surface area contributed by atoms with Crippen LogP contribution in [0.3, 0.4) is 0 Å². The Morgan fingerprint density at radius 3 is 2.63 bits per heavy atom. The second kappa shape index (κ2) is 8.45. The smallest absolute Gasteiger partial charge is 0.338 e. The van der Waals surface area contributed by atoms with Gasteiger partial charge in [0.15, 0.2) is 5.82 Å². The lowest BCUT2D eigenvalue weighted by Gasteiger charge is -2.40. The molecule has 0 saturated carbocycles. The zero-order valence-corrected chi connectivity index (χ0v) is 16.9. The topological polar surface area (TPSA) is 79.5 Å². The normalized spacial score (nSPS) is 17.5. The third-order valence-corrected chi connectivity index (χ3v) is 4.97. The number of carbonyl (C=O) groups excluding carboxylic acids is 2. The van der Waals surface area contributed by atoms with Crippen LogP contribution in [0.5, 0.6) is 0 Å². The summed E-state index contributed by atoms with van der Waals surface area (Å²) in [4.78, 5) is 32.3. The van der Waals surface area contributed by atoms with Crippen LogP contribution in [0.4, 0.5) is 13.2 Å². The number of alkyl halides is 3. The number of hydrogen-bond donors (Lipinski definition) is 0. The van der Waals surface area contributed by atoms with Gasteiger partial charge in [0.25, 0.3) is 5.89 Å². The summed E-state index contributed by atoms with van der Waals surface area (Å²) in [6.45, 7) is 6.82. The summed E-state index contributed by atoms with van der Waals surface area (Å²) in [6, 6.07) is 4.46. The monoisotopic (exact) mass is 424 g/mol. The van der Waals surface area contributed by atoms with Gasteiger partial charge in [-0.3, -0.25) is 9.59 Å². The summed E-state index contributed by atoms with van der Waals surface area (Å²) in [5, 5.41) is 3.73. The lowest BCUT2D eigenvalue weighted by Crippen LogP contribution is -2.56. The predicted molar refractivity (Wildman–Crippen MR) is 101 cm³/mol. The molecule has 10 heteroatoms. The van der Waals surface area contributed by atoms with Gasteiger partial charge in [-0.05, 0) is 25.1 Å². The standard InChI is InChI=1S/C20H23F3N4O3/c1-12(2)19(29)27-8-7-26(11-13(27)3)17(28)10-16-24-18(30-25-16)14-5-4-6-15(9-14)20(21,22)23/h4-6,9,12-13H,7-8,10-11H2,1-3H3. The van der Waals surface area contributed by atoms with Gasteiger partial charge in [-0.15, -0.1) is 0 Å². The highest BCUT2D eigenvalue weighted by molar-refractivity contribution is 5.80. The molecular formula is C20H23F3N4O3. The van der Waals surface area contributed by atoms with Crippen molar-refractivity contribution in [3.05, 3.63) is 35.7 Å². The van der Waals surface area contributed by atoms with Gasteiger partial charge in [0, 0.05) is 37.2 Å². The number of nitrogens with zero attached hydrogens (tertiary/aromatic N) is 4. The fraction of sp³-hybridized carbons (Fsp3) is 0.500. The van der Waals surface area contributed by atoms with E-state index in [1.165, 1.54) is 12.1 Å². The molecule has 1 aliphatic heterocycles. The second-order valence-electron chi connectivity index (χ2n) is 7.65. The van der Waals surface area contributed by atoms with Crippen molar-refractivity contribution in [3.63, 3.8) is 0 Å². The molecule has 0 aliphatic carbocycles. The van der Waals surface area contributed by atoms with Crippen LogP contribution >= 0.6 is 0 Å². The molecule has 1 atom stereocenters. The number of hydrogen-bond acceptors (Lipinski definition) is 5. The zero-order chi connectivity index (χ0) is 22.1. The van der Waals surface area contributed by atoms with Crippen LogP contribution in [-0.4, -0.2) is 57.4 Å². The van der Waals surface area contributed by atoms with Crippen LogP contribution in [-0.2, 0) is 22.2 Å². The van der Waals surface area contributed by atoms with Crippen LogP contribution in [0.2, 0.25) is 0 Å². The summed E-state index contributed by atoms with van der Waals surface area (Å²) in [5.41, 5.74) is -0.691. The molecule has 0 bridgehead atoms. The highest BCUT2D eigenvalue weighted by Gasteiger charge is 2.32. The fourth-order valence-electron chi connectivity index (χ4n) is 3.36. The average molecular weight is 424 g/mol. The number of benzene rings is 1. The number of carbonyl (C=O) groups is 2. The number of amides is 2. The van der Waals surface area contributed by atoms with E-state index in [-0.39, 0.29) is 47.5 Å². The van der Waals surface area contributed by atoms with Gasteiger partial charge < -0.3 is 14.3 Å². The molecule has 1 unspecified atom stereocenters. The van der Waals surface area contributed by atoms with E-state index in [1.54, 1.807) is 9.80 Å². The van der Waals surface area contributed by atoms with Gasteiger partial charge in [0.05, 0.1) is 12.0 Å². The van der Waals surface area contributed by atoms with Crippen molar-refractivity contribution in [2.75, 3.05) is 19.6 Å². The molecule has 1 aliphatic rings. The Bertz CT molecular complexity index is 926. The molecule has 1 aromatic carbocycles. The second-order valence-corrected chi connectivity index (χ2v) is 7.65. The Hall–Kier alpha value is -2.91. The van der Waals surface area contributed by atoms with Crippen LogP contribution in [0.15, 0.2) is 28.8 Å². The maximum Gasteiger partial charge on any atom is 0.416 e. The van der Waals surface area contributed by atoms with Crippen LogP contribution < -0.4 is 0 Å². The number of rotatable bonds is 4. The first-order chi connectivity index (χ1) is 14.1. The minimum absolute atomic E-state index is 0.0542. The number of aromatic nitrogens is 2. The maximum absolute atomic E-state index is 12.9. The van der Waals surface area contributed by atoms with E-state index in [9.17, 15) is 22.8 Å². The fourth-order valence-corrected chi connectivity index (χ4v) is 3.36. The molecule has 162 valence electrons. The third kappa shape index (κ3) is 4.80. The zero-order valence-electron chi connectivity index (χ0n) is 16.9. The molecule has 1 saturated heterocycles. The van der Waals surface area contributed by atoms with Crippen molar-refractivity contribution in [2.45, 2.75) is 39.4 Å². The quantitative estimate of drug-likeness (QED) is 0.754. The SMILES string of the molecule is CC(C)C(=O)N1CCN(C(=O)Cc2noc(-c3cccc(C(F)(F)F)c3)n2)CC1C. The molecule has 0 N–H and O–H groups in total. The van der Waals surface area contributed by atoms with Crippen molar-refractivity contribution in [3.8, 4) is 11.5 Å². The third-order valence-electron chi connectivity index (χ3n) is 4.97. The van der Waals surface area contributed by atoms with Gasteiger partial charge in [-0.25, -0.2) is 0 Å². The Morgan fingerprint density at radius 1 is 1.27 bits per heavy atom. The maximum atomic E-state index is 12.9. The Balaban J connectivity index is 1.64. The number of piperazine rings is 1. The van der Waals surface area contributed by atoms with Crippen molar-refractivity contribution in [2.24, 2.45) is 5.92 Å². The van der Waals surface area contributed by atoms with E-state index in [2.05, 4.69) is 10.1 Å². The average Bonchev–Trinajstić information content (AvgIpc) is 3.15. The van der Waals surface area contributed by atoms with E-state index >= 15 is 0 Å². The molecule has 2 aromatic rings. The van der Waals surface area contributed by atoms with Crippen molar-refractivity contribution < 1.29 is 27.3 Å². The minimum atomic E-state index is -4.48. The molecule has 2 amide bonds. The van der Waals surface area contributed by atoms with Crippen molar-refractivity contribution in [1.29, 1.82) is 0 Å². The van der Waals surface area contributed by atoms with Gasteiger partial charge >= 0.3 is 6.18 Å². The molecule has 2 heterocycles. The predicted octanol–water partition coefficient (Wildman–Crippen LogP) is 3.01. The van der Waals surface area contributed by atoms with Crippen LogP contribution in [0.25, 0.3) is 11.5 Å². The molecule has 3 rings (SSSR count). The summed E-state index contributed by atoms with van der Waals surface area (Å²) in [7, 11) is 0. The molecule has 0 radical (unpaired) electrons. The van der Waals surface area contributed by atoms with E-state index in [4.69, 9.17) is 4.52 Å².